The molecule has 0 saturated carbocycles. The number of hydrogen-bond donors (Lipinski definition) is 1. The van der Waals surface area contributed by atoms with Crippen molar-refractivity contribution in [1.29, 1.82) is 5.26 Å². The summed E-state index contributed by atoms with van der Waals surface area (Å²) in [6.07, 6.45) is 5.54. The van der Waals surface area contributed by atoms with Crippen LogP contribution in [0.15, 0.2) is 36.8 Å². The summed E-state index contributed by atoms with van der Waals surface area (Å²) in [5, 5.41) is 9.06. The van der Waals surface area contributed by atoms with Crippen LogP contribution in [0.5, 0.6) is 0 Å². The van der Waals surface area contributed by atoms with Crippen LogP contribution in [0, 0.1) is 11.3 Å². The number of nitrogens with zero attached hydrogens (tertiary/aromatic N) is 3. The Morgan fingerprint density at radius 2 is 2.21 bits per heavy atom. The highest BCUT2D eigenvalue weighted by atomic mass is 15.0. The maximum Gasteiger partial charge on any atom is 0.0995 e. The maximum atomic E-state index is 9.06. The number of benzene rings is 1. The summed E-state index contributed by atoms with van der Waals surface area (Å²) >= 11 is 0. The van der Waals surface area contributed by atoms with Gasteiger partial charge in [0, 0.05) is 25.2 Å². The molecular formula is C15H18N4. The summed E-state index contributed by atoms with van der Waals surface area (Å²) < 4.78 is 1.99. The van der Waals surface area contributed by atoms with Gasteiger partial charge in [0.2, 0.25) is 0 Å². The molecule has 0 aliphatic heterocycles. The lowest BCUT2D eigenvalue weighted by molar-refractivity contribution is 0.638. The first-order valence-electron chi connectivity index (χ1n) is 6.47. The molecule has 4 heteroatoms. The molecule has 2 aromatic rings. The lowest BCUT2D eigenvalue weighted by Crippen LogP contribution is -2.21. The van der Waals surface area contributed by atoms with E-state index in [1.807, 2.05) is 35.0 Å². The summed E-state index contributed by atoms with van der Waals surface area (Å²) in [6, 6.07) is 10.00. The molecular weight excluding hydrogens is 236 g/mol. The predicted molar refractivity (Wildman–Crippen MR) is 74.5 cm³/mol. The minimum Gasteiger partial charge on any atom is -0.333 e. The van der Waals surface area contributed by atoms with E-state index in [-0.39, 0.29) is 6.04 Å². The highest BCUT2D eigenvalue weighted by Crippen LogP contribution is 2.10. The summed E-state index contributed by atoms with van der Waals surface area (Å²) in [4.78, 5) is 4.36. The lowest BCUT2D eigenvalue weighted by Gasteiger charge is -2.05. The van der Waals surface area contributed by atoms with Crippen molar-refractivity contribution in [3.63, 3.8) is 0 Å². The molecule has 2 rings (SSSR count). The van der Waals surface area contributed by atoms with E-state index in [1.165, 1.54) is 0 Å². The van der Waals surface area contributed by atoms with Gasteiger partial charge in [-0.05, 0) is 18.1 Å². The third kappa shape index (κ3) is 3.43. The van der Waals surface area contributed by atoms with Crippen molar-refractivity contribution in [1.82, 2.24) is 9.55 Å². The molecule has 0 aliphatic carbocycles. The van der Waals surface area contributed by atoms with E-state index in [1.54, 1.807) is 6.33 Å². The monoisotopic (exact) mass is 254 g/mol. The van der Waals surface area contributed by atoms with Gasteiger partial charge in [-0.1, -0.05) is 25.1 Å². The Bertz CT molecular complexity index is 580. The number of nitriles is 1. The van der Waals surface area contributed by atoms with Crippen LogP contribution in [-0.4, -0.2) is 15.6 Å². The Hall–Kier alpha value is -2.12. The zero-order valence-corrected chi connectivity index (χ0v) is 11.1. The molecule has 98 valence electrons. The second kappa shape index (κ2) is 6.17. The lowest BCUT2D eigenvalue weighted by atomic mass is 10.1. The highest BCUT2D eigenvalue weighted by Gasteiger charge is 2.06. The summed E-state index contributed by atoms with van der Waals surface area (Å²) in [6.45, 7) is 2.74. The number of nitrogens with two attached hydrogens (primary N) is 1. The topological polar surface area (TPSA) is 67.6 Å². The molecule has 4 nitrogen and oxygen atoms in total. The predicted octanol–water partition coefficient (Wildman–Crippen LogP) is 2.08. The molecule has 1 unspecified atom stereocenters. The van der Waals surface area contributed by atoms with Gasteiger partial charge in [0.1, 0.15) is 0 Å². The highest BCUT2D eigenvalue weighted by molar-refractivity contribution is 5.37. The molecule has 0 fully saturated rings. The Morgan fingerprint density at radius 1 is 1.42 bits per heavy atom. The van der Waals surface area contributed by atoms with Gasteiger partial charge in [-0.15, -0.1) is 0 Å². The van der Waals surface area contributed by atoms with Gasteiger partial charge in [-0.25, -0.2) is 4.98 Å². The smallest absolute Gasteiger partial charge is 0.0995 e. The molecule has 0 amide bonds. The Morgan fingerprint density at radius 3 is 2.95 bits per heavy atom. The molecule has 0 saturated heterocycles. The largest absolute Gasteiger partial charge is 0.333 e. The van der Waals surface area contributed by atoms with E-state index < -0.39 is 0 Å². The molecule has 19 heavy (non-hydrogen) atoms. The summed E-state index contributed by atoms with van der Waals surface area (Å²) in [7, 11) is 0. The maximum absolute atomic E-state index is 9.06. The molecule has 1 heterocycles. The molecule has 2 N–H and O–H groups in total. The molecule has 1 aromatic heterocycles. The Kier molecular flexibility index (Phi) is 4.32. The van der Waals surface area contributed by atoms with Gasteiger partial charge in [-0.3, -0.25) is 0 Å². The Balaban J connectivity index is 2.10. The minimum atomic E-state index is 0.162. The van der Waals surface area contributed by atoms with E-state index >= 15 is 0 Å². The van der Waals surface area contributed by atoms with Crippen molar-refractivity contribution >= 4 is 0 Å². The first kappa shape index (κ1) is 13.3. The molecule has 1 atom stereocenters. The van der Waals surface area contributed by atoms with Crippen molar-refractivity contribution in [2.75, 3.05) is 0 Å². The third-order valence-corrected chi connectivity index (χ3v) is 3.17. The van der Waals surface area contributed by atoms with Gasteiger partial charge in [0.05, 0.1) is 23.7 Å². The van der Waals surface area contributed by atoms with Gasteiger partial charge in [0.25, 0.3) is 0 Å². The van der Waals surface area contributed by atoms with Crippen LogP contribution in [0.3, 0.4) is 0 Å². The van der Waals surface area contributed by atoms with Crippen molar-refractivity contribution in [2.24, 2.45) is 5.73 Å². The number of rotatable bonds is 5. The van der Waals surface area contributed by atoms with Crippen molar-refractivity contribution in [3.8, 4) is 6.07 Å². The fraction of sp³-hybridized carbons (Fsp3) is 0.333. The number of imidazole rings is 1. The second-order valence-corrected chi connectivity index (χ2v) is 4.68. The van der Waals surface area contributed by atoms with Crippen molar-refractivity contribution < 1.29 is 0 Å². The number of hydrogen-bond acceptors (Lipinski definition) is 3. The first-order valence-corrected chi connectivity index (χ1v) is 6.47. The zero-order chi connectivity index (χ0) is 13.7. The SMILES string of the molecule is CCC(N)Cc1cn(Cc2ccccc2C#N)cn1. The quantitative estimate of drug-likeness (QED) is 0.888. The van der Waals surface area contributed by atoms with E-state index in [9.17, 15) is 0 Å². The average Bonchev–Trinajstić information content (AvgIpc) is 2.86. The number of aromatic nitrogens is 2. The van der Waals surface area contributed by atoms with Gasteiger partial charge < -0.3 is 10.3 Å². The van der Waals surface area contributed by atoms with Crippen LogP contribution < -0.4 is 5.73 Å². The molecule has 0 spiro atoms. The minimum absolute atomic E-state index is 0.162. The fourth-order valence-corrected chi connectivity index (χ4v) is 1.98. The van der Waals surface area contributed by atoms with Crippen LogP contribution in [0.25, 0.3) is 0 Å². The van der Waals surface area contributed by atoms with Crippen LogP contribution in [0.2, 0.25) is 0 Å². The third-order valence-electron chi connectivity index (χ3n) is 3.17. The standard InChI is InChI=1S/C15H18N4/c1-2-14(17)7-15-10-19(11-18-15)9-13-6-4-3-5-12(13)8-16/h3-6,10-11,14H,2,7,9,17H2,1H3. The summed E-state index contributed by atoms with van der Waals surface area (Å²) in [5.74, 6) is 0. The van der Waals surface area contributed by atoms with E-state index in [4.69, 9.17) is 11.0 Å². The molecule has 0 radical (unpaired) electrons. The molecule has 1 aromatic carbocycles. The summed E-state index contributed by atoms with van der Waals surface area (Å²) in [5.41, 5.74) is 8.64. The van der Waals surface area contributed by atoms with Crippen LogP contribution in [0.1, 0.15) is 30.2 Å². The van der Waals surface area contributed by atoms with E-state index in [0.717, 1.165) is 24.1 Å². The van der Waals surface area contributed by atoms with Crippen LogP contribution in [-0.2, 0) is 13.0 Å². The fourth-order valence-electron chi connectivity index (χ4n) is 1.98. The van der Waals surface area contributed by atoms with E-state index in [0.29, 0.717) is 12.1 Å². The average molecular weight is 254 g/mol. The molecule has 0 aliphatic rings. The Labute approximate surface area is 113 Å². The zero-order valence-electron chi connectivity index (χ0n) is 11.1. The van der Waals surface area contributed by atoms with Crippen molar-refractivity contribution in [3.05, 3.63) is 53.6 Å². The van der Waals surface area contributed by atoms with Gasteiger partial charge in [-0.2, -0.15) is 5.26 Å². The van der Waals surface area contributed by atoms with Crippen LogP contribution in [0.4, 0.5) is 0 Å². The van der Waals surface area contributed by atoms with Gasteiger partial charge >= 0.3 is 0 Å². The van der Waals surface area contributed by atoms with E-state index in [2.05, 4.69) is 18.0 Å². The normalized spacial score (nSPS) is 12.1. The first-order chi connectivity index (χ1) is 9.22. The van der Waals surface area contributed by atoms with Crippen LogP contribution >= 0.6 is 0 Å². The van der Waals surface area contributed by atoms with Crippen molar-refractivity contribution in [2.45, 2.75) is 32.4 Å². The second-order valence-electron chi connectivity index (χ2n) is 4.68. The molecule has 0 bridgehead atoms. The van der Waals surface area contributed by atoms with Gasteiger partial charge in [0.15, 0.2) is 0 Å².